The van der Waals surface area contributed by atoms with Crippen LogP contribution in [0.25, 0.3) is 5.57 Å². The van der Waals surface area contributed by atoms with Crippen molar-refractivity contribution in [2.45, 2.75) is 11.3 Å². The molecule has 7 rings (SSSR count). The van der Waals surface area contributed by atoms with Crippen molar-refractivity contribution in [3.63, 3.8) is 0 Å². The summed E-state index contributed by atoms with van der Waals surface area (Å²) in [4.78, 5) is 28.3. The standard InChI is InChI=1S/C30H17ClO2/c31-24-16-8-7-15-23(24)30-22-14-6-5-13-21(22)29(33)26(30)19-11-3-1-9-17(19)25-18-10-2-4-12-20(18)28(32)27(25)30/h1-16,26H. The molecule has 0 spiro atoms. The lowest BCUT2D eigenvalue weighted by Crippen LogP contribution is -2.41. The summed E-state index contributed by atoms with van der Waals surface area (Å²) in [6.07, 6.45) is 0. The molecule has 4 aromatic carbocycles. The molecule has 0 bridgehead atoms. The second kappa shape index (κ2) is 6.40. The quantitative estimate of drug-likeness (QED) is 0.330. The van der Waals surface area contributed by atoms with Gasteiger partial charge in [0, 0.05) is 21.7 Å². The number of carbonyl (C=O) groups is 2. The Balaban J connectivity index is 1.74. The van der Waals surface area contributed by atoms with Crippen LogP contribution in [-0.4, -0.2) is 11.6 Å². The molecular formula is C30H17ClO2. The molecule has 0 aromatic heterocycles. The van der Waals surface area contributed by atoms with E-state index in [2.05, 4.69) is 0 Å². The van der Waals surface area contributed by atoms with Gasteiger partial charge >= 0.3 is 0 Å². The molecule has 0 amide bonds. The van der Waals surface area contributed by atoms with Crippen molar-refractivity contribution in [3.05, 3.63) is 147 Å². The van der Waals surface area contributed by atoms with Crippen LogP contribution in [0.4, 0.5) is 0 Å². The number of fused-ring (bicyclic) bond motifs is 9. The Hall–Kier alpha value is -3.75. The van der Waals surface area contributed by atoms with E-state index in [1.807, 2.05) is 97.1 Å². The lowest BCUT2D eigenvalue weighted by molar-refractivity contribution is 0.0949. The van der Waals surface area contributed by atoms with E-state index >= 15 is 0 Å². The third-order valence-electron chi connectivity index (χ3n) is 7.46. The highest BCUT2D eigenvalue weighted by Crippen LogP contribution is 2.65. The maximum Gasteiger partial charge on any atom is 0.191 e. The maximum atomic E-state index is 14.2. The van der Waals surface area contributed by atoms with E-state index in [9.17, 15) is 9.59 Å². The van der Waals surface area contributed by atoms with Gasteiger partial charge in [0.05, 0.1) is 11.3 Å². The maximum absolute atomic E-state index is 14.2. The molecular weight excluding hydrogens is 428 g/mol. The lowest BCUT2D eigenvalue weighted by Gasteiger charge is -2.42. The van der Waals surface area contributed by atoms with E-state index in [0.29, 0.717) is 21.7 Å². The molecule has 0 aliphatic heterocycles. The number of carbonyl (C=O) groups excluding carboxylic acids is 2. The fraction of sp³-hybridized carbons (Fsp3) is 0.0667. The first kappa shape index (κ1) is 18.8. The first-order valence-corrected chi connectivity index (χ1v) is 11.4. The summed E-state index contributed by atoms with van der Waals surface area (Å²) in [6, 6.07) is 31.1. The Morgan fingerprint density at radius 1 is 0.606 bits per heavy atom. The number of ketones is 2. The van der Waals surface area contributed by atoms with Gasteiger partial charge in [-0.2, -0.15) is 0 Å². The summed E-state index contributed by atoms with van der Waals surface area (Å²) in [7, 11) is 0. The van der Waals surface area contributed by atoms with Gasteiger partial charge in [-0.05, 0) is 39.5 Å². The fourth-order valence-corrected chi connectivity index (χ4v) is 6.62. The monoisotopic (exact) mass is 444 g/mol. The van der Waals surface area contributed by atoms with Crippen LogP contribution in [-0.2, 0) is 5.41 Å². The molecule has 3 aliphatic carbocycles. The number of Topliss-reactive ketones (excluding diaryl/α,β-unsaturated/α-hetero) is 2. The highest BCUT2D eigenvalue weighted by molar-refractivity contribution is 6.33. The second-order valence-corrected chi connectivity index (χ2v) is 9.25. The Morgan fingerprint density at radius 2 is 1.18 bits per heavy atom. The van der Waals surface area contributed by atoms with Gasteiger partial charge < -0.3 is 0 Å². The predicted octanol–water partition coefficient (Wildman–Crippen LogP) is 6.62. The van der Waals surface area contributed by atoms with E-state index < -0.39 is 11.3 Å². The molecule has 0 saturated heterocycles. The highest BCUT2D eigenvalue weighted by atomic mass is 35.5. The van der Waals surface area contributed by atoms with Gasteiger partial charge in [-0.3, -0.25) is 9.59 Å². The molecule has 0 fully saturated rings. The average molecular weight is 445 g/mol. The van der Waals surface area contributed by atoms with Crippen molar-refractivity contribution >= 4 is 28.7 Å². The second-order valence-electron chi connectivity index (χ2n) is 8.84. The number of halogens is 1. The zero-order chi connectivity index (χ0) is 22.3. The van der Waals surface area contributed by atoms with Crippen molar-refractivity contribution in [1.29, 1.82) is 0 Å². The summed E-state index contributed by atoms with van der Waals surface area (Å²) in [5.41, 5.74) is 6.44. The SMILES string of the molecule is O=C1C2=C(c3ccccc31)c1ccccc1C1C(=O)c3ccccc3C21c1ccccc1Cl. The molecule has 0 saturated carbocycles. The van der Waals surface area contributed by atoms with Gasteiger partial charge in [-0.15, -0.1) is 0 Å². The third kappa shape index (κ3) is 2.10. The molecule has 0 heterocycles. The van der Waals surface area contributed by atoms with Crippen molar-refractivity contribution in [3.8, 4) is 0 Å². The number of hydrogen-bond acceptors (Lipinski definition) is 2. The van der Waals surface area contributed by atoms with Gasteiger partial charge in [0.1, 0.15) is 0 Å². The smallest absolute Gasteiger partial charge is 0.191 e. The van der Waals surface area contributed by atoms with Crippen LogP contribution in [0.1, 0.15) is 54.5 Å². The van der Waals surface area contributed by atoms with Gasteiger partial charge in [0.2, 0.25) is 0 Å². The summed E-state index contributed by atoms with van der Waals surface area (Å²) in [5.74, 6) is -0.541. The molecule has 2 unspecified atom stereocenters. The molecule has 156 valence electrons. The third-order valence-corrected chi connectivity index (χ3v) is 7.79. The first-order valence-electron chi connectivity index (χ1n) is 11.0. The molecule has 4 aromatic rings. The van der Waals surface area contributed by atoms with Crippen molar-refractivity contribution in [2.24, 2.45) is 0 Å². The predicted molar refractivity (Wildman–Crippen MR) is 129 cm³/mol. The van der Waals surface area contributed by atoms with Crippen LogP contribution >= 0.6 is 11.6 Å². The number of hydrogen-bond donors (Lipinski definition) is 0. The molecule has 0 radical (unpaired) electrons. The summed E-state index contributed by atoms with van der Waals surface area (Å²) in [5, 5.41) is 0.557. The Kier molecular flexibility index (Phi) is 3.64. The number of allylic oxidation sites excluding steroid dienone is 1. The van der Waals surface area contributed by atoms with Crippen molar-refractivity contribution < 1.29 is 9.59 Å². The number of rotatable bonds is 1. The topological polar surface area (TPSA) is 34.1 Å². The van der Waals surface area contributed by atoms with Crippen molar-refractivity contribution in [1.82, 2.24) is 0 Å². The van der Waals surface area contributed by atoms with E-state index in [0.717, 1.165) is 33.4 Å². The molecule has 33 heavy (non-hydrogen) atoms. The minimum Gasteiger partial charge on any atom is -0.293 e. The van der Waals surface area contributed by atoms with Crippen LogP contribution in [0.3, 0.4) is 0 Å². The molecule has 2 nitrogen and oxygen atoms in total. The van der Waals surface area contributed by atoms with Crippen LogP contribution in [0.2, 0.25) is 5.02 Å². The fourth-order valence-electron chi connectivity index (χ4n) is 6.33. The van der Waals surface area contributed by atoms with Gasteiger partial charge in [0.15, 0.2) is 11.6 Å². The van der Waals surface area contributed by atoms with E-state index in [4.69, 9.17) is 11.6 Å². The van der Waals surface area contributed by atoms with Crippen LogP contribution in [0.5, 0.6) is 0 Å². The minimum absolute atomic E-state index is 0.0236. The van der Waals surface area contributed by atoms with Gasteiger partial charge in [0.25, 0.3) is 0 Å². The van der Waals surface area contributed by atoms with Gasteiger partial charge in [-0.1, -0.05) is 103 Å². The molecule has 0 N–H and O–H groups in total. The van der Waals surface area contributed by atoms with Crippen LogP contribution in [0, 0.1) is 0 Å². The summed E-state index contributed by atoms with van der Waals surface area (Å²) in [6.45, 7) is 0. The zero-order valence-electron chi connectivity index (χ0n) is 17.5. The number of benzene rings is 4. The van der Waals surface area contributed by atoms with E-state index in [1.165, 1.54) is 0 Å². The van der Waals surface area contributed by atoms with Crippen LogP contribution in [0.15, 0.2) is 103 Å². The molecule has 3 heteroatoms. The van der Waals surface area contributed by atoms with Gasteiger partial charge in [-0.25, -0.2) is 0 Å². The lowest BCUT2D eigenvalue weighted by atomic mass is 9.57. The Bertz CT molecular complexity index is 1580. The highest BCUT2D eigenvalue weighted by Gasteiger charge is 2.62. The van der Waals surface area contributed by atoms with E-state index in [1.54, 1.807) is 0 Å². The van der Waals surface area contributed by atoms with Crippen LogP contribution < -0.4 is 0 Å². The largest absolute Gasteiger partial charge is 0.293 e. The summed E-state index contributed by atoms with van der Waals surface area (Å²) < 4.78 is 0. The first-order chi connectivity index (χ1) is 16.2. The van der Waals surface area contributed by atoms with Crippen molar-refractivity contribution in [2.75, 3.05) is 0 Å². The zero-order valence-corrected chi connectivity index (χ0v) is 18.3. The Morgan fingerprint density at radius 3 is 1.94 bits per heavy atom. The normalized spacial score (nSPS) is 21.9. The van der Waals surface area contributed by atoms with E-state index in [-0.39, 0.29) is 11.6 Å². The summed E-state index contributed by atoms with van der Waals surface area (Å²) >= 11 is 6.86. The Labute approximate surface area is 196 Å². The molecule has 3 aliphatic rings. The average Bonchev–Trinajstić information content (AvgIpc) is 3.30. The molecule has 2 atom stereocenters. The minimum atomic E-state index is -0.980.